The highest BCUT2D eigenvalue weighted by Crippen LogP contribution is 2.22. The number of benzene rings is 1. The Morgan fingerprint density at radius 2 is 2.38 bits per heavy atom. The molecular weight excluding hydrogens is 228 g/mol. The first-order chi connectivity index (χ1) is 7.67. The van der Waals surface area contributed by atoms with Crippen molar-refractivity contribution in [1.29, 1.82) is 5.26 Å². The van der Waals surface area contributed by atoms with Crippen LogP contribution in [0.25, 0.3) is 0 Å². The van der Waals surface area contributed by atoms with Crippen molar-refractivity contribution in [1.82, 2.24) is 0 Å². The van der Waals surface area contributed by atoms with E-state index in [4.69, 9.17) is 21.6 Å². The Labute approximate surface area is 98.8 Å². The maximum absolute atomic E-state index is 11.1. The van der Waals surface area contributed by atoms with Gasteiger partial charge < -0.3 is 10.1 Å². The first-order valence-corrected chi connectivity index (χ1v) is 5.14. The second kappa shape index (κ2) is 5.99. The quantitative estimate of drug-likeness (QED) is 0.817. The lowest BCUT2D eigenvalue weighted by atomic mass is 10.2. The van der Waals surface area contributed by atoms with Crippen molar-refractivity contribution in [2.75, 3.05) is 18.5 Å². The molecule has 0 spiro atoms. The summed E-state index contributed by atoms with van der Waals surface area (Å²) in [6.45, 7) is 2.11. The lowest BCUT2D eigenvalue weighted by Gasteiger charge is -2.07. The van der Waals surface area contributed by atoms with Crippen molar-refractivity contribution < 1.29 is 9.53 Å². The van der Waals surface area contributed by atoms with Gasteiger partial charge in [0.2, 0.25) is 0 Å². The standard InChI is InChI=1S/C11H11ClN2O2/c1-2-16-11(15)7-14-10-5-8(6-13)3-4-9(10)12/h3-5,14H,2,7H2,1H3. The molecule has 16 heavy (non-hydrogen) atoms. The van der Waals surface area contributed by atoms with Crippen LogP contribution in [0.1, 0.15) is 12.5 Å². The summed E-state index contributed by atoms with van der Waals surface area (Å²) in [5.41, 5.74) is 1.03. The van der Waals surface area contributed by atoms with Gasteiger partial charge in [0, 0.05) is 0 Å². The molecule has 0 radical (unpaired) electrons. The van der Waals surface area contributed by atoms with E-state index < -0.39 is 0 Å². The number of ether oxygens (including phenoxy) is 1. The Morgan fingerprint density at radius 1 is 1.62 bits per heavy atom. The van der Waals surface area contributed by atoms with Crippen molar-refractivity contribution >= 4 is 23.3 Å². The number of hydrogen-bond donors (Lipinski definition) is 1. The Kier molecular flexibility index (Phi) is 4.62. The highest BCUT2D eigenvalue weighted by molar-refractivity contribution is 6.33. The molecule has 0 saturated heterocycles. The smallest absolute Gasteiger partial charge is 0.325 e. The molecule has 1 N–H and O–H groups in total. The third-order valence-electron chi connectivity index (χ3n) is 1.82. The topological polar surface area (TPSA) is 62.1 Å². The van der Waals surface area contributed by atoms with E-state index >= 15 is 0 Å². The highest BCUT2D eigenvalue weighted by atomic mass is 35.5. The van der Waals surface area contributed by atoms with Gasteiger partial charge in [0.15, 0.2) is 0 Å². The van der Waals surface area contributed by atoms with Crippen LogP contribution in [0.5, 0.6) is 0 Å². The fourth-order valence-corrected chi connectivity index (χ4v) is 1.29. The van der Waals surface area contributed by atoms with E-state index in [1.54, 1.807) is 25.1 Å². The number of nitrogens with one attached hydrogen (secondary N) is 1. The van der Waals surface area contributed by atoms with Crippen LogP contribution < -0.4 is 5.32 Å². The Bertz CT molecular complexity index is 426. The third kappa shape index (κ3) is 3.44. The summed E-state index contributed by atoms with van der Waals surface area (Å²) in [6, 6.07) is 6.79. The van der Waals surface area contributed by atoms with Gasteiger partial charge >= 0.3 is 5.97 Å². The minimum atomic E-state index is -0.360. The average molecular weight is 239 g/mol. The molecule has 0 heterocycles. The van der Waals surface area contributed by atoms with Crippen LogP contribution in [0.15, 0.2) is 18.2 Å². The molecular formula is C11H11ClN2O2. The number of halogens is 1. The molecule has 0 unspecified atom stereocenters. The van der Waals surface area contributed by atoms with E-state index in [9.17, 15) is 4.79 Å². The van der Waals surface area contributed by atoms with Gasteiger partial charge in [-0.3, -0.25) is 4.79 Å². The summed E-state index contributed by atoms with van der Waals surface area (Å²) in [5.74, 6) is -0.360. The van der Waals surface area contributed by atoms with E-state index in [-0.39, 0.29) is 12.5 Å². The normalized spacial score (nSPS) is 9.31. The lowest BCUT2D eigenvalue weighted by Crippen LogP contribution is -2.16. The molecule has 1 rings (SSSR count). The minimum Gasteiger partial charge on any atom is -0.465 e. The summed E-state index contributed by atoms with van der Waals surface area (Å²) in [7, 11) is 0. The molecule has 0 aliphatic rings. The Balaban J connectivity index is 2.66. The first-order valence-electron chi connectivity index (χ1n) is 4.76. The molecule has 4 nitrogen and oxygen atoms in total. The van der Waals surface area contributed by atoms with E-state index in [2.05, 4.69) is 5.32 Å². The Morgan fingerprint density at radius 3 is 3.00 bits per heavy atom. The highest BCUT2D eigenvalue weighted by Gasteiger charge is 2.05. The second-order valence-electron chi connectivity index (χ2n) is 2.97. The zero-order valence-corrected chi connectivity index (χ0v) is 9.54. The van der Waals surface area contributed by atoms with Crippen LogP contribution in [0.3, 0.4) is 0 Å². The Hall–Kier alpha value is -1.73. The zero-order chi connectivity index (χ0) is 12.0. The van der Waals surface area contributed by atoms with Crippen LogP contribution in [-0.2, 0) is 9.53 Å². The second-order valence-corrected chi connectivity index (χ2v) is 3.37. The molecule has 84 valence electrons. The summed E-state index contributed by atoms with van der Waals surface area (Å²) < 4.78 is 4.75. The van der Waals surface area contributed by atoms with Crippen molar-refractivity contribution in [2.24, 2.45) is 0 Å². The molecule has 0 bridgehead atoms. The fourth-order valence-electron chi connectivity index (χ4n) is 1.11. The first kappa shape index (κ1) is 12.3. The number of nitriles is 1. The van der Waals surface area contributed by atoms with Crippen LogP contribution in [0, 0.1) is 11.3 Å². The van der Waals surface area contributed by atoms with Crippen molar-refractivity contribution in [3.63, 3.8) is 0 Å². The van der Waals surface area contributed by atoms with Gasteiger partial charge in [0.05, 0.1) is 28.9 Å². The molecule has 0 aliphatic heterocycles. The largest absolute Gasteiger partial charge is 0.465 e. The van der Waals surface area contributed by atoms with Gasteiger partial charge in [0.25, 0.3) is 0 Å². The zero-order valence-electron chi connectivity index (χ0n) is 8.79. The van der Waals surface area contributed by atoms with Crippen LogP contribution >= 0.6 is 11.6 Å². The van der Waals surface area contributed by atoms with Gasteiger partial charge in [-0.25, -0.2) is 0 Å². The molecule has 0 atom stereocenters. The van der Waals surface area contributed by atoms with Crippen molar-refractivity contribution in [3.05, 3.63) is 28.8 Å². The van der Waals surface area contributed by atoms with Crippen LogP contribution in [0.4, 0.5) is 5.69 Å². The third-order valence-corrected chi connectivity index (χ3v) is 2.15. The number of carbonyl (C=O) groups is 1. The minimum absolute atomic E-state index is 0.0302. The number of esters is 1. The summed E-state index contributed by atoms with van der Waals surface area (Å²) in [6.07, 6.45) is 0. The van der Waals surface area contributed by atoms with Crippen molar-refractivity contribution in [3.8, 4) is 6.07 Å². The predicted octanol–water partition coefficient (Wildman–Crippen LogP) is 2.19. The molecule has 0 saturated carbocycles. The molecule has 1 aromatic rings. The van der Waals surface area contributed by atoms with Gasteiger partial charge in [-0.1, -0.05) is 11.6 Å². The van der Waals surface area contributed by atoms with E-state index in [0.717, 1.165) is 0 Å². The molecule has 0 aliphatic carbocycles. The van der Waals surface area contributed by atoms with E-state index in [1.165, 1.54) is 0 Å². The maximum atomic E-state index is 11.1. The molecule has 5 heteroatoms. The number of rotatable bonds is 4. The van der Waals surface area contributed by atoms with Crippen LogP contribution in [-0.4, -0.2) is 19.1 Å². The maximum Gasteiger partial charge on any atom is 0.325 e. The van der Waals surface area contributed by atoms with Gasteiger partial charge in [-0.15, -0.1) is 0 Å². The fraction of sp³-hybridized carbons (Fsp3) is 0.273. The average Bonchev–Trinajstić information content (AvgIpc) is 2.28. The predicted molar refractivity (Wildman–Crippen MR) is 61.3 cm³/mol. The number of nitrogens with zero attached hydrogens (tertiary/aromatic N) is 1. The molecule has 0 fully saturated rings. The van der Waals surface area contributed by atoms with E-state index in [0.29, 0.717) is 22.9 Å². The van der Waals surface area contributed by atoms with Crippen LogP contribution in [0.2, 0.25) is 5.02 Å². The molecule has 0 amide bonds. The number of anilines is 1. The SMILES string of the molecule is CCOC(=O)CNc1cc(C#N)ccc1Cl. The molecule has 0 aromatic heterocycles. The monoisotopic (exact) mass is 238 g/mol. The number of carbonyl (C=O) groups excluding carboxylic acids is 1. The summed E-state index contributed by atoms with van der Waals surface area (Å²) in [5, 5.41) is 12.0. The molecule has 1 aromatic carbocycles. The summed E-state index contributed by atoms with van der Waals surface area (Å²) >= 11 is 5.89. The van der Waals surface area contributed by atoms with E-state index in [1.807, 2.05) is 6.07 Å². The van der Waals surface area contributed by atoms with Crippen molar-refractivity contribution in [2.45, 2.75) is 6.92 Å². The summed E-state index contributed by atoms with van der Waals surface area (Å²) in [4.78, 5) is 11.1. The van der Waals surface area contributed by atoms with Gasteiger partial charge in [-0.2, -0.15) is 5.26 Å². The van der Waals surface area contributed by atoms with Gasteiger partial charge in [-0.05, 0) is 25.1 Å². The number of hydrogen-bond acceptors (Lipinski definition) is 4. The van der Waals surface area contributed by atoms with Gasteiger partial charge in [0.1, 0.15) is 6.54 Å². The lowest BCUT2D eigenvalue weighted by molar-refractivity contribution is -0.140.